The maximum atomic E-state index is 9.61. The minimum atomic E-state index is -0.141. The molecule has 19 heavy (non-hydrogen) atoms. The molecule has 3 nitrogen and oxygen atoms in total. The van der Waals surface area contributed by atoms with E-state index in [9.17, 15) is 5.11 Å². The van der Waals surface area contributed by atoms with Crippen LogP contribution in [0.4, 0.5) is 0 Å². The normalized spacial score (nSPS) is 24.9. The van der Waals surface area contributed by atoms with Crippen LogP contribution in [0.2, 0.25) is 0 Å². The first-order chi connectivity index (χ1) is 9.03. The highest BCUT2D eigenvalue weighted by Gasteiger charge is 2.30. The molecule has 0 aliphatic heterocycles. The molecule has 1 N–H and O–H groups in total. The Labute approximate surface area is 119 Å². The van der Waals surface area contributed by atoms with Crippen molar-refractivity contribution in [2.75, 3.05) is 33.4 Å². The van der Waals surface area contributed by atoms with Crippen molar-refractivity contribution in [1.82, 2.24) is 4.90 Å². The minimum absolute atomic E-state index is 0.141. The smallest absolute Gasteiger partial charge is 0.0610 e. The van der Waals surface area contributed by atoms with Crippen molar-refractivity contribution in [2.45, 2.75) is 58.4 Å². The van der Waals surface area contributed by atoms with Crippen molar-refractivity contribution >= 4 is 0 Å². The van der Waals surface area contributed by atoms with Crippen molar-refractivity contribution in [3.05, 3.63) is 0 Å². The number of aliphatic hydroxyl groups is 1. The van der Waals surface area contributed by atoms with Crippen LogP contribution in [0.5, 0.6) is 0 Å². The van der Waals surface area contributed by atoms with Gasteiger partial charge in [-0.3, -0.25) is 4.90 Å². The van der Waals surface area contributed by atoms with Gasteiger partial charge in [0.15, 0.2) is 0 Å². The lowest BCUT2D eigenvalue weighted by Gasteiger charge is -2.41. The van der Waals surface area contributed by atoms with E-state index in [-0.39, 0.29) is 12.1 Å². The standard InChI is InChI=1S/C16H33NO2/c1-5-14-7-6-8-15(11-14)12-17(9-10-19-4)16(2,3)13-18/h14-15,18H,5-13H2,1-4H3/t14-,15+/m1/s1. The van der Waals surface area contributed by atoms with Crippen LogP contribution in [0.15, 0.2) is 0 Å². The van der Waals surface area contributed by atoms with Gasteiger partial charge in [0, 0.05) is 25.7 Å². The Morgan fingerprint density at radius 1 is 1.26 bits per heavy atom. The van der Waals surface area contributed by atoms with Crippen molar-refractivity contribution in [3.63, 3.8) is 0 Å². The summed E-state index contributed by atoms with van der Waals surface area (Å²) in [7, 11) is 1.75. The number of hydrogen-bond acceptors (Lipinski definition) is 3. The Morgan fingerprint density at radius 2 is 1.95 bits per heavy atom. The molecule has 0 amide bonds. The van der Waals surface area contributed by atoms with Gasteiger partial charge in [-0.1, -0.05) is 26.2 Å². The summed E-state index contributed by atoms with van der Waals surface area (Å²) in [6, 6.07) is 0. The van der Waals surface area contributed by atoms with Crippen molar-refractivity contribution in [3.8, 4) is 0 Å². The van der Waals surface area contributed by atoms with E-state index in [1.54, 1.807) is 7.11 Å². The van der Waals surface area contributed by atoms with Crippen LogP contribution in [0.3, 0.4) is 0 Å². The van der Waals surface area contributed by atoms with E-state index in [1.165, 1.54) is 32.1 Å². The zero-order valence-corrected chi connectivity index (χ0v) is 13.3. The average molecular weight is 271 g/mol. The molecule has 1 aliphatic rings. The Bertz CT molecular complexity index is 243. The summed E-state index contributed by atoms with van der Waals surface area (Å²) in [4.78, 5) is 2.42. The quantitative estimate of drug-likeness (QED) is 0.737. The maximum Gasteiger partial charge on any atom is 0.0610 e. The molecule has 0 bridgehead atoms. The second-order valence-electron chi connectivity index (χ2n) is 6.72. The maximum absolute atomic E-state index is 9.61. The van der Waals surface area contributed by atoms with Gasteiger partial charge in [0.05, 0.1) is 13.2 Å². The predicted octanol–water partition coefficient (Wildman–Crippen LogP) is 2.92. The van der Waals surface area contributed by atoms with Crippen LogP contribution < -0.4 is 0 Å². The molecule has 114 valence electrons. The topological polar surface area (TPSA) is 32.7 Å². The Kier molecular flexibility index (Phi) is 7.33. The first-order valence-electron chi connectivity index (χ1n) is 7.88. The first-order valence-corrected chi connectivity index (χ1v) is 7.88. The van der Waals surface area contributed by atoms with Crippen molar-refractivity contribution < 1.29 is 9.84 Å². The molecule has 1 rings (SSSR count). The second kappa shape index (κ2) is 8.23. The van der Waals surface area contributed by atoms with Gasteiger partial charge < -0.3 is 9.84 Å². The van der Waals surface area contributed by atoms with E-state index in [2.05, 4.69) is 25.7 Å². The largest absolute Gasteiger partial charge is 0.394 e. The fourth-order valence-electron chi connectivity index (χ4n) is 3.19. The highest BCUT2D eigenvalue weighted by Crippen LogP contribution is 2.32. The first kappa shape index (κ1) is 16.9. The lowest BCUT2D eigenvalue weighted by molar-refractivity contribution is 0.0175. The monoisotopic (exact) mass is 271 g/mol. The van der Waals surface area contributed by atoms with E-state index >= 15 is 0 Å². The van der Waals surface area contributed by atoms with Gasteiger partial charge in [0.25, 0.3) is 0 Å². The van der Waals surface area contributed by atoms with Gasteiger partial charge in [0.2, 0.25) is 0 Å². The van der Waals surface area contributed by atoms with E-state index in [1.807, 2.05) is 0 Å². The van der Waals surface area contributed by atoms with Gasteiger partial charge in [-0.2, -0.15) is 0 Å². The summed E-state index contributed by atoms with van der Waals surface area (Å²) in [6.07, 6.45) is 6.82. The molecular formula is C16H33NO2. The third kappa shape index (κ3) is 5.41. The number of aliphatic hydroxyl groups excluding tert-OH is 1. The lowest BCUT2D eigenvalue weighted by Crippen LogP contribution is -2.50. The summed E-state index contributed by atoms with van der Waals surface area (Å²) < 4.78 is 5.22. The third-order valence-electron chi connectivity index (χ3n) is 4.76. The summed E-state index contributed by atoms with van der Waals surface area (Å²) in [5.74, 6) is 1.71. The van der Waals surface area contributed by atoms with E-state index in [0.29, 0.717) is 0 Å². The molecule has 2 atom stereocenters. The third-order valence-corrected chi connectivity index (χ3v) is 4.76. The van der Waals surface area contributed by atoms with E-state index in [4.69, 9.17) is 4.74 Å². The van der Waals surface area contributed by atoms with E-state index < -0.39 is 0 Å². The molecule has 1 aliphatic carbocycles. The van der Waals surface area contributed by atoms with Crippen LogP contribution in [-0.4, -0.2) is 49.0 Å². The van der Waals surface area contributed by atoms with Crippen LogP contribution in [0.25, 0.3) is 0 Å². The highest BCUT2D eigenvalue weighted by atomic mass is 16.5. The number of ether oxygens (including phenoxy) is 1. The molecule has 0 heterocycles. The highest BCUT2D eigenvalue weighted by molar-refractivity contribution is 4.84. The molecule has 0 aromatic heterocycles. The summed E-state index contributed by atoms with van der Waals surface area (Å²) >= 11 is 0. The van der Waals surface area contributed by atoms with Gasteiger partial charge in [-0.25, -0.2) is 0 Å². The Morgan fingerprint density at radius 3 is 2.53 bits per heavy atom. The molecule has 0 unspecified atom stereocenters. The fourth-order valence-corrected chi connectivity index (χ4v) is 3.19. The van der Waals surface area contributed by atoms with Gasteiger partial charge in [0.1, 0.15) is 0 Å². The molecule has 1 fully saturated rings. The molecular weight excluding hydrogens is 238 g/mol. The molecule has 0 spiro atoms. The number of methoxy groups -OCH3 is 1. The second-order valence-corrected chi connectivity index (χ2v) is 6.72. The summed E-state index contributed by atoms with van der Waals surface area (Å²) in [5, 5.41) is 9.61. The van der Waals surface area contributed by atoms with Gasteiger partial charge >= 0.3 is 0 Å². The lowest BCUT2D eigenvalue weighted by atomic mass is 9.79. The molecule has 0 saturated heterocycles. The number of nitrogens with zero attached hydrogens (tertiary/aromatic N) is 1. The predicted molar refractivity (Wildman–Crippen MR) is 80.4 cm³/mol. The molecule has 0 radical (unpaired) electrons. The summed E-state index contributed by atoms with van der Waals surface area (Å²) in [5.41, 5.74) is -0.141. The SMILES string of the molecule is CC[C@@H]1CCC[C@H](CN(CCOC)C(C)(C)CO)C1. The minimum Gasteiger partial charge on any atom is -0.394 e. The molecule has 3 heteroatoms. The molecule has 0 aromatic carbocycles. The Hall–Kier alpha value is -0.120. The van der Waals surface area contributed by atoms with Crippen LogP contribution in [-0.2, 0) is 4.74 Å². The van der Waals surface area contributed by atoms with Crippen LogP contribution in [0.1, 0.15) is 52.9 Å². The number of rotatable bonds is 8. The molecule has 1 saturated carbocycles. The molecule has 0 aromatic rings. The van der Waals surface area contributed by atoms with Crippen molar-refractivity contribution in [2.24, 2.45) is 11.8 Å². The zero-order chi connectivity index (χ0) is 14.3. The fraction of sp³-hybridized carbons (Fsp3) is 1.00. The average Bonchev–Trinajstić information content (AvgIpc) is 2.43. The summed E-state index contributed by atoms with van der Waals surface area (Å²) in [6.45, 7) is 9.54. The Balaban J connectivity index is 2.55. The van der Waals surface area contributed by atoms with Crippen LogP contribution >= 0.6 is 0 Å². The number of hydrogen-bond donors (Lipinski definition) is 1. The van der Waals surface area contributed by atoms with Crippen molar-refractivity contribution in [1.29, 1.82) is 0 Å². The van der Waals surface area contributed by atoms with Gasteiger partial charge in [-0.15, -0.1) is 0 Å². The van der Waals surface area contributed by atoms with E-state index in [0.717, 1.165) is 31.5 Å². The van der Waals surface area contributed by atoms with Crippen LogP contribution in [0, 0.1) is 11.8 Å². The zero-order valence-electron chi connectivity index (χ0n) is 13.3. The van der Waals surface area contributed by atoms with Gasteiger partial charge in [-0.05, 0) is 38.5 Å².